The maximum atomic E-state index is 6.40. The number of nitrogens with zero attached hydrogens (tertiary/aromatic N) is 1. The summed E-state index contributed by atoms with van der Waals surface area (Å²) in [5, 5.41) is 0.899. The number of hydrogen-bond donors (Lipinski definition) is 0. The number of aromatic nitrogens is 1. The summed E-state index contributed by atoms with van der Waals surface area (Å²) in [5.74, 6) is 0. The third kappa shape index (κ3) is 1.70. The van der Waals surface area contributed by atoms with Gasteiger partial charge in [-0.3, -0.25) is 4.98 Å². The van der Waals surface area contributed by atoms with E-state index in [9.17, 15) is 0 Å². The minimum absolute atomic E-state index is 0.143. The van der Waals surface area contributed by atoms with Gasteiger partial charge in [0.05, 0.1) is 14.3 Å². The van der Waals surface area contributed by atoms with Gasteiger partial charge in [-0.05, 0) is 40.0 Å². The SMILES string of the molecule is CC1(C)CC(C)(C)c2c1ncc(I)c2Cl. The minimum atomic E-state index is 0.143. The third-order valence-electron chi connectivity index (χ3n) is 3.17. The van der Waals surface area contributed by atoms with Crippen molar-refractivity contribution in [3.8, 4) is 0 Å². The van der Waals surface area contributed by atoms with E-state index in [1.807, 2.05) is 6.20 Å². The van der Waals surface area contributed by atoms with Crippen molar-refractivity contribution in [1.29, 1.82) is 0 Å². The number of pyridine rings is 1. The highest BCUT2D eigenvalue weighted by atomic mass is 127. The summed E-state index contributed by atoms with van der Waals surface area (Å²) in [6, 6.07) is 0. The zero-order valence-electron chi connectivity index (χ0n) is 9.49. The van der Waals surface area contributed by atoms with Crippen LogP contribution in [0.4, 0.5) is 0 Å². The summed E-state index contributed by atoms with van der Waals surface area (Å²) >= 11 is 8.65. The Morgan fingerprint density at radius 3 is 2.47 bits per heavy atom. The zero-order valence-corrected chi connectivity index (χ0v) is 12.4. The molecular weight excluding hydrogens is 320 g/mol. The van der Waals surface area contributed by atoms with E-state index in [0.717, 1.165) is 15.0 Å². The lowest BCUT2D eigenvalue weighted by Gasteiger charge is -2.22. The Hall–Kier alpha value is 0.170. The van der Waals surface area contributed by atoms with Gasteiger partial charge in [-0.15, -0.1) is 0 Å². The average Bonchev–Trinajstić information content (AvgIpc) is 2.24. The van der Waals surface area contributed by atoms with E-state index in [2.05, 4.69) is 55.3 Å². The molecule has 0 aliphatic heterocycles. The molecule has 0 fully saturated rings. The molecule has 0 aromatic carbocycles. The molecule has 0 saturated heterocycles. The number of halogens is 2. The molecule has 3 heteroatoms. The van der Waals surface area contributed by atoms with Crippen LogP contribution in [0, 0.1) is 3.57 Å². The van der Waals surface area contributed by atoms with Crippen molar-refractivity contribution in [3.05, 3.63) is 26.0 Å². The Bertz CT molecular complexity index is 424. The van der Waals surface area contributed by atoms with Crippen LogP contribution in [-0.2, 0) is 10.8 Å². The molecule has 1 aliphatic rings. The smallest absolute Gasteiger partial charge is 0.0610 e. The lowest BCUT2D eigenvalue weighted by atomic mass is 9.82. The van der Waals surface area contributed by atoms with Crippen molar-refractivity contribution in [2.45, 2.75) is 44.9 Å². The van der Waals surface area contributed by atoms with Crippen LogP contribution in [0.3, 0.4) is 0 Å². The van der Waals surface area contributed by atoms with Gasteiger partial charge in [0.2, 0.25) is 0 Å². The Labute approximate surface area is 110 Å². The van der Waals surface area contributed by atoms with Crippen LogP contribution in [0.15, 0.2) is 6.20 Å². The molecule has 1 heterocycles. The van der Waals surface area contributed by atoms with Crippen molar-refractivity contribution in [2.75, 3.05) is 0 Å². The van der Waals surface area contributed by atoms with Gasteiger partial charge in [-0.1, -0.05) is 39.3 Å². The van der Waals surface area contributed by atoms with E-state index in [0.29, 0.717) is 0 Å². The molecule has 1 aromatic heterocycles. The molecule has 0 spiro atoms. The highest BCUT2D eigenvalue weighted by Gasteiger charge is 2.44. The second kappa shape index (κ2) is 3.33. The monoisotopic (exact) mass is 335 g/mol. The fourth-order valence-corrected chi connectivity index (χ4v) is 3.68. The van der Waals surface area contributed by atoms with E-state index >= 15 is 0 Å². The molecule has 2 rings (SSSR count). The standard InChI is InChI=1S/C12H15ClIN/c1-11(2)6-12(3,4)10-8(11)9(13)7(14)5-15-10/h5H,6H2,1-4H3. The van der Waals surface area contributed by atoms with Crippen LogP contribution in [0.5, 0.6) is 0 Å². The molecule has 0 bridgehead atoms. The molecule has 1 nitrogen and oxygen atoms in total. The first kappa shape index (κ1) is 11.6. The molecule has 0 saturated carbocycles. The van der Waals surface area contributed by atoms with Crippen LogP contribution in [0.25, 0.3) is 0 Å². The van der Waals surface area contributed by atoms with Gasteiger partial charge >= 0.3 is 0 Å². The van der Waals surface area contributed by atoms with Gasteiger partial charge in [0.25, 0.3) is 0 Å². The van der Waals surface area contributed by atoms with Crippen molar-refractivity contribution in [2.24, 2.45) is 0 Å². The predicted octanol–water partition coefficient (Wildman–Crippen LogP) is 4.30. The maximum absolute atomic E-state index is 6.40. The molecule has 15 heavy (non-hydrogen) atoms. The van der Waals surface area contributed by atoms with Crippen LogP contribution >= 0.6 is 34.2 Å². The molecular formula is C12H15ClIN. The highest BCUT2D eigenvalue weighted by molar-refractivity contribution is 14.1. The van der Waals surface area contributed by atoms with Gasteiger partial charge in [-0.25, -0.2) is 0 Å². The Morgan fingerprint density at radius 1 is 1.27 bits per heavy atom. The maximum Gasteiger partial charge on any atom is 0.0610 e. The molecule has 0 unspecified atom stereocenters. The molecule has 1 aliphatic carbocycles. The largest absolute Gasteiger partial charge is 0.259 e. The van der Waals surface area contributed by atoms with Gasteiger partial charge in [0.15, 0.2) is 0 Å². The first-order valence-electron chi connectivity index (χ1n) is 5.11. The summed E-state index contributed by atoms with van der Waals surface area (Å²) in [7, 11) is 0. The lowest BCUT2D eigenvalue weighted by Crippen LogP contribution is -2.18. The summed E-state index contributed by atoms with van der Waals surface area (Å²) < 4.78 is 1.05. The van der Waals surface area contributed by atoms with Crippen LogP contribution in [0.1, 0.15) is 45.4 Å². The molecule has 0 atom stereocenters. The molecule has 1 aromatic rings. The Morgan fingerprint density at radius 2 is 1.87 bits per heavy atom. The third-order valence-corrected chi connectivity index (χ3v) is 4.70. The van der Waals surface area contributed by atoms with Crippen LogP contribution in [0.2, 0.25) is 5.02 Å². The normalized spacial score (nSPS) is 21.5. The predicted molar refractivity (Wildman–Crippen MR) is 72.6 cm³/mol. The fraction of sp³-hybridized carbons (Fsp3) is 0.583. The topological polar surface area (TPSA) is 12.9 Å². The minimum Gasteiger partial charge on any atom is -0.259 e. The average molecular weight is 336 g/mol. The quantitative estimate of drug-likeness (QED) is 0.644. The number of fused-ring (bicyclic) bond motifs is 1. The van der Waals surface area contributed by atoms with Crippen molar-refractivity contribution in [1.82, 2.24) is 4.98 Å². The zero-order chi connectivity index (χ0) is 11.4. The lowest BCUT2D eigenvalue weighted by molar-refractivity contribution is 0.399. The fourth-order valence-electron chi connectivity index (χ4n) is 2.87. The summed E-state index contributed by atoms with van der Waals surface area (Å²) in [6.45, 7) is 9.00. The van der Waals surface area contributed by atoms with Gasteiger partial charge in [0, 0.05) is 11.6 Å². The van der Waals surface area contributed by atoms with Gasteiger partial charge in [0.1, 0.15) is 0 Å². The highest BCUT2D eigenvalue weighted by Crippen LogP contribution is 2.51. The summed E-state index contributed by atoms with van der Waals surface area (Å²) in [4.78, 5) is 4.58. The van der Waals surface area contributed by atoms with E-state index in [-0.39, 0.29) is 10.8 Å². The Kier molecular flexibility index (Phi) is 2.59. The van der Waals surface area contributed by atoms with Crippen molar-refractivity contribution >= 4 is 34.2 Å². The number of hydrogen-bond acceptors (Lipinski definition) is 1. The first-order valence-corrected chi connectivity index (χ1v) is 6.56. The van der Waals surface area contributed by atoms with E-state index in [1.165, 1.54) is 11.3 Å². The van der Waals surface area contributed by atoms with Crippen molar-refractivity contribution in [3.63, 3.8) is 0 Å². The summed E-state index contributed by atoms with van der Waals surface area (Å²) in [5.41, 5.74) is 2.72. The van der Waals surface area contributed by atoms with Gasteiger partial charge in [-0.2, -0.15) is 0 Å². The number of rotatable bonds is 0. The van der Waals surface area contributed by atoms with Crippen molar-refractivity contribution < 1.29 is 0 Å². The van der Waals surface area contributed by atoms with Crippen LogP contribution in [-0.4, -0.2) is 4.98 Å². The molecule has 0 radical (unpaired) electrons. The molecule has 0 amide bonds. The molecule has 82 valence electrons. The second-order valence-electron chi connectivity index (χ2n) is 5.59. The van der Waals surface area contributed by atoms with Gasteiger partial charge < -0.3 is 0 Å². The Balaban J connectivity index is 2.76. The van der Waals surface area contributed by atoms with E-state index in [4.69, 9.17) is 11.6 Å². The first-order chi connectivity index (χ1) is 6.76. The van der Waals surface area contributed by atoms with Crippen LogP contribution < -0.4 is 0 Å². The second-order valence-corrected chi connectivity index (χ2v) is 7.13. The molecule has 0 N–H and O–H groups in total. The van der Waals surface area contributed by atoms with E-state index in [1.54, 1.807) is 0 Å². The van der Waals surface area contributed by atoms with E-state index < -0.39 is 0 Å². The summed E-state index contributed by atoms with van der Waals surface area (Å²) in [6.07, 6.45) is 2.99.